The molecule has 2 aromatic rings. The second kappa shape index (κ2) is 5.58. The number of rotatable bonds is 3. The fourth-order valence-electron chi connectivity index (χ4n) is 2.56. The van der Waals surface area contributed by atoms with Gasteiger partial charge in [-0.05, 0) is 38.3 Å². The van der Waals surface area contributed by atoms with Gasteiger partial charge >= 0.3 is 5.97 Å². The first-order chi connectivity index (χ1) is 10.1. The summed E-state index contributed by atoms with van der Waals surface area (Å²) >= 11 is 1.58. The van der Waals surface area contributed by atoms with Crippen molar-refractivity contribution in [3.8, 4) is 11.3 Å². The average molecular weight is 303 g/mol. The molecule has 1 aromatic carbocycles. The molecule has 0 bridgehead atoms. The molecule has 1 saturated heterocycles. The number of aromatic carboxylic acids is 1. The molecule has 5 heteroatoms. The van der Waals surface area contributed by atoms with Gasteiger partial charge in [0.15, 0.2) is 0 Å². The maximum atomic E-state index is 11.1. The molecule has 0 aliphatic carbocycles. The molecule has 1 N–H and O–H groups in total. The Bertz CT molecular complexity index is 659. The van der Waals surface area contributed by atoms with Crippen LogP contribution in [0.15, 0.2) is 29.6 Å². The number of carboxylic acid groups (broad SMARTS) is 1. The summed E-state index contributed by atoms with van der Waals surface area (Å²) in [5.41, 5.74) is 1.62. The van der Waals surface area contributed by atoms with Crippen molar-refractivity contribution in [3.63, 3.8) is 0 Å². The summed E-state index contributed by atoms with van der Waals surface area (Å²) in [6, 6.07) is 6.88. The molecular weight excluding hydrogens is 286 g/mol. The van der Waals surface area contributed by atoms with Gasteiger partial charge in [0, 0.05) is 17.6 Å². The predicted molar refractivity (Wildman–Crippen MR) is 81.7 cm³/mol. The Hall–Kier alpha value is -1.72. The first-order valence-electron chi connectivity index (χ1n) is 7.02. The largest absolute Gasteiger partial charge is 0.478 e. The minimum Gasteiger partial charge on any atom is -0.478 e. The van der Waals surface area contributed by atoms with E-state index in [2.05, 4.69) is 11.9 Å². The Balaban J connectivity index is 1.91. The van der Waals surface area contributed by atoms with Crippen LogP contribution >= 0.6 is 11.3 Å². The zero-order valence-corrected chi connectivity index (χ0v) is 12.7. The van der Waals surface area contributed by atoms with E-state index in [0.717, 1.165) is 42.1 Å². The number of aromatic nitrogens is 1. The zero-order valence-electron chi connectivity index (χ0n) is 11.8. The SMILES string of the molecule is CC1(c2nc(-c3cccc(C(=O)O)c3)cs2)CCCCO1. The van der Waals surface area contributed by atoms with Crippen LogP contribution in [0.2, 0.25) is 0 Å². The van der Waals surface area contributed by atoms with E-state index in [9.17, 15) is 4.79 Å². The van der Waals surface area contributed by atoms with E-state index < -0.39 is 5.97 Å². The van der Waals surface area contributed by atoms with E-state index >= 15 is 0 Å². The maximum Gasteiger partial charge on any atom is 0.335 e. The van der Waals surface area contributed by atoms with Crippen LogP contribution in [0.1, 0.15) is 41.6 Å². The number of carboxylic acids is 1. The first kappa shape index (κ1) is 14.2. The molecule has 110 valence electrons. The van der Waals surface area contributed by atoms with Gasteiger partial charge in [-0.1, -0.05) is 12.1 Å². The van der Waals surface area contributed by atoms with Crippen LogP contribution in [0.3, 0.4) is 0 Å². The molecule has 1 fully saturated rings. The Morgan fingerprint density at radius 1 is 1.43 bits per heavy atom. The van der Waals surface area contributed by atoms with Gasteiger partial charge in [0.05, 0.1) is 11.3 Å². The molecular formula is C16H17NO3S. The van der Waals surface area contributed by atoms with Crippen molar-refractivity contribution in [2.45, 2.75) is 31.8 Å². The van der Waals surface area contributed by atoms with Crippen LogP contribution < -0.4 is 0 Å². The highest BCUT2D eigenvalue weighted by molar-refractivity contribution is 7.10. The van der Waals surface area contributed by atoms with Crippen molar-refractivity contribution in [2.75, 3.05) is 6.61 Å². The lowest BCUT2D eigenvalue weighted by Crippen LogP contribution is -2.29. The molecule has 21 heavy (non-hydrogen) atoms. The van der Waals surface area contributed by atoms with Crippen LogP contribution in [-0.4, -0.2) is 22.7 Å². The van der Waals surface area contributed by atoms with Gasteiger partial charge in [0.2, 0.25) is 0 Å². The van der Waals surface area contributed by atoms with Crippen molar-refractivity contribution in [1.29, 1.82) is 0 Å². The third kappa shape index (κ3) is 2.84. The summed E-state index contributed by atoms with van der Waals surface area (Å²) in [5.74, 6) is -0.921. The summed E-state index contributed by atoms with van der Waals surface area (Å²) < 4.78 is 5.92. The normalized spacial score (nSPS) is 22.1. The van der Waals surface area contributed by atoms with Crippen LogP contribution in [0.25, 0.3) is 11.3 Å². The van der Waals surface area contributed by atoms with Gasteiger partial charge in [0.1, 0.15) is 10.6 Å². The maximum absolute atomic E-state index is 11.1. The molecule has 1 atom stereocenters. The van der Waals surface area contributed by atoms with E-state index in [0.29, 0.717) is 0 Å². The van der Waals surface area contributed by atoms with Gasteiger partial charge < -0.3 is 9.84 Å². The van der Waals surface area contributed by atoms with E-state index in [4.69, 9.17) is 9.84 Å². The molecule has 0 saturated carbocycles. The lowest BCUT2D eigenvalue weighted by molar-refractivity contribution is -0.0701. The molecule has 1 aliphatic heterocycles. The van der Waals surface area contributed by atoms with Gasteiger partial charge in [-0.25, -0.2) is 9.78 Å². The fraction of sp³-hybridized carbons (Fsp3) is 0.375. The van der Waals surface area contributed by atoms with Crippen molar-refractivity contribution in [2.24, 2.45) is 0 Å². The van der Waals surface area contributed by atoms with Gasteiger partial charge in [0.25, 0.3) is 0 Å². The second-order valence-corrected chi connectivity index (χ2v) is 6.32. The van der Waals surface area contributed by atoms with Crippen molar-refractivity contribution >= 4 is 17.3 Å². The van der Waals surface area contributed by atoms with Crippen molar-refractivity contribution in [1.82, 2.24) is 4.98 Å². The zero-order chi connectivity index (χ0) is 14.9. The number of ether oxygens (including phenoxy) is 1. The highest BCUT2D eigenvalue weighted by Crippen LogP contribution is 2.37. The van der Waals surface area contributed by atoms with Gasteiger partial charge in [-0.3, -0.25) is 0 Å². The topological polar surface area (TPSA) is 59.4 Å². The number of hydrogen-bond donors (Lipinski definition) is 1. The minimum absolute atomic E-state index is 0.280. The predicted octanol–water partition coefficient (Wildman–Crippen LogP) is 3.92. The van der Waals surface area contributed by atoms with E-state index in [1.54, 1.807) is 29.5 Å². The fourth-order valence-corrected chi connectivity index (χ4v) is 3.54. The Morgan fingerprint density at radius 2 is 2.29 bits per heavy atom. The lowest BCUT2D eigenvalue weighted by atomic mass is 9.97. The Kier molecular flexibility index (Phi) is 3.78. The lowest BCUT2D eigenvalue weighted by Gasteiger charge is -2.31. The molecule has 2 heterocycles. The standard InChI is InChI=1S/C16H17NO3S/c1-16(7-2-3-8-20-16)15-17-13(10-21-15)11-5-4-6-12(9-11)14(18)19/h4-6,9-10H,2-3,7-8H2,1H3,(H,18,19). The summed E-state index contributed by atoms with van der Waals surface area (Å²) in [7, 11) is 0. The molecule has 0 radical (unpaired) electrons. The van der Waals surface area contributed by atoms with E-state index in [1.807, 2.05) is 11.4 Å². The number of thiazole rings is 1. The van der Waals surface area contributed by atoms with Gasteiger partial charge in [-0.15, -0.1) is 11.3 Å². The summed E-state index contributed by atoms with van der Waals surface area (Å²) in [5, 5.41) is 12.0. The van der Waals surface area contributed by atoms with Crippen LogP contribution in [-0.2, 0) is 10.3 Å². The molecule has 3 rings (SSSR count). The molecule has 0 spiro atoms. The minimum atomic E-state index is -0.921. The third-order valence-electron chi connectivity index (χ3n) is 3.83. The number of carbonyl (C=O) groups is 1. The number of nitrogens with zero attached hydrogens (tertiary/aromatic N) is 1. The number of benzene rings is 1. The highest BCUT2D eigenvalue weighted by atomic mass is 32.1. The summed E-state index contributed by atoms with van der Waals surface area (Å²) in [4.78, 5) is 15.7. The summed E-state index contributed by atoms with van der Waals surface area (Å²) in [6.07, 6.45) is 3.24. The molecule has 1 unspecified atom stereocenters. The Labute approximate surface area is 127 Å². The Morgan fingerprint density at radius 3 is 3.00 bits per heavy atom. The average Bonchev–Trinajstić information content (AvgIpc) is 2.99. The van der Waals surface area contributed by atoms with Crippen LogP contribution in [0.5, 0.6) is 0 Å². The van der Waals surface area contributed by atoms with Crippen LogP contribution in [0, 0.1) is 0 Å². The van der Waals surface area contributed by atoms with Gasteiger partial charge in [-0.2, -0.15) is 0 Å². The van der Waals surface area contributed by atoms with E-state index in [1.165, 1.54) is 0 Å². The van der Waals surface area contributed by atoms with Crippen molar-refractivity contribution in [3.05, 3.63) is 40.2 Å². The highest BCUT2D eigenvalue weighted by Gasteiger charge is 2.33. The number of hydrogen-bond acceptors (Lipinski definition) is 4. The molecule has 1 aromatic heterocycles. The third-order valence-corrected chi connectivity index (χ3v) is 4.92. The second-order valence-electron chi connectivity index (χ2n) is 5.46. The molecule has 4 nitrogen and oxygen atoms in total. The molecule has 0 amide bonds. The molecule has 1 aliphatic rings. The quantitative estimate of drug-likeness (QED) is 0.933. The van der Waals surface area contributed by atoms with Crippen molar-refractivity contribution < 1.29 is 14.6 Å². The van der Waals surface area contributed by atoms with E-state index in [-0.39, 0.29) is 11.2 Å². The summed E-state index contributed by atoms with van der Waals surface area (Å²) in [6.45, 7) is 2.86. The first-order valence-corrected chi connectivity index (χ1v) is 7.90. The van der Waals surface area contributed by atoms with Crippen LogP contribution in [0.4, 0.5) is 0 Å². The smallest absolute Gasteiger partial charge is 0.335 e. The monoisotopic (exact) mass is 303 g/mol.